The van der Waals surface area contributed by atoms with Crippen molar-refractivity contribution in [1.29, 1.82) is 0 Å². The van der Waals surface area contributed by atoms with Crippen molar-refractivity contribution in [3.8, 4) is 10.6 Å². The molecule has 4 aromatic rings. The first-order valence-corrected chi connectivity index (χ1v) is 12.0. The van der Waals surface area contributed by atoms with Crippen molar-refractivity contribution in [2.24, 2.45) is 0 Å². The highest BCUT2D eigenvalue weighted by atomic mass is 32.1. The smallest absolute Gasteiger partial charge is 0.335 e. The monoisotopic (exact) mass is 490 g/mol. The van der Waals surface area contributed by atoms with Gasteiger partial charge in [0, 0.05) is 12.4 Å². The van der Waals surface area contributed by atoms with E-state index in [1.54, 1.807) is 36.7 Å². The third-order valence-electron chi connectivity index (χ3n) is 6.13. The van der Waals surface area contributed by atoms with Crippen molar-refractivity contribution < 1.29 is 19.4 Å². The number of rotatable bonds is 6. The quantitative estimate of drug-likeness (QED) is 0.325. The highest BCUT2D eigenvalue weighted by Crippen LogP contribution is 2.45. The van der Waals surface area contributed by atoms with Crippen molar-refractivity contribution in [2.75, 3.05) is 5.32 Å². The van der Waals surface area contributed by atoms with Crippen LogP contribution in [0.25, 0.3) is 10.6 Å². The molecule has 0 saturated heterocycles. The van der Waals surface area contributed by atoms with Gasteiger partial charge >= 0.3 is 5.97 Å². The Kier molecular flexibility index (Phi) is 5.82. The number of halogens is 1. The van der Waals surface area contributed by atoms with Gasteiger partial charge in [-0.15, -0.1) is 11.3 Å². The second-order valence-electron chi connectivity index (χ2n) is 8.70. The average molecular weight is 491 g/mol. The summed E-state index contributed by atoms with van der Waals surface area (Å²) >= 11 is 1.35. The molecule has 1 aromatic carbocycles. The molecule has 0 bridgehead atoms. The SMILES string of the molecule is Cc1cc(Nc2cc([C@@H](C)F)ccn2)nc(-c2cnc([C@@]3(O)CCc4cc(C(=O)O)ccc43)s2)c1. The molecular weight excluding hydrogens is 467 g/mol. The van der Waals surface area contributed by atoms with Crippen LogP contribution >= 0.6 is 11.3 Å². The number of hydrogen-bond donors (Lipinski definition) is 3. The summed E-state index contributed by atoms with van der Waals surface area (Å²) in [4.78, 5) is 25.6. The molecule has 7 nitrogen and oxygen atoms in total. The van der Waals surface area contributed by atoms with E-state index in [4.69, 9.17) is 4.98 Å². The summed E-state index contributed by atoms with van der Waals surface area (Å²) in [6, 6.07) is 11.9. The topological polar surface area (TPSA) is 108 Å². The lowest BCUT2D eigenvalue weighted by Gasteiger charge is -2.21. The number of hydrogen-bond acceptors (Lipinski definition) is 7. The molecule has 0 fully saturated rings. The summed E-state index contributed by atoms with van der Waals surface area (Å²) in [6.45, 7) is 3.43. The largest absolute Gasteiger partial charge is 0.478 e. The third kappa shape index (κ3) is 4.40. The van der Waals surface area contributed by atoms with Crippen LogP contribution in [0, 0.1) is 6.92 Å². The zero-order chi connectivity index (χ0) is 24.7. The molecule has 0 spiro atoms. The maximum atomic E-state index is 13.7. The van der Waals surface area contributed by atoms with E-state index in [-0.39, 0.29) is 5.56 Å². The Morgan fingerprint density at radius 2 is 2.00 bits per heavy atom. The minimum Gasteiger partial charge on any atom is -0.478 e. The van der Waals surface area contributed by atoms with Crippen LogP contribution in [0.5, 0.6) is 0 Å². The number of alkyl halides is 1. The first-order chi connectivity index (χ1) is 16.7. The molecule has 35 heavy (non-hydrogen) atoms. The Hall–Kier alpha value is -3.69. The Bertz CT molecular complexity index is 1440. The van der Waals surface area contributed by atoms with Gasteiger partial charge in [-0.1, -0.05) is 6.07 Å². The molecular formula is C26H23FN4O3S. The first kappa shape index (κ1) is 23.1. The highest BCUT2D eigenvalue weighted by molar-refractivity contribution is 7.15. The van der Waals surface area contributed by atoms with Crippen molar-refractivity contribution in [1.82, 2.24) is 15.0 Å². The van der Waals surface area contributed by atoms with Gasteiger partial charge < -0.3 is 15.5 Å². The number of carbonyl (C=O) groups is 1. The van der Waals surface area contributed by atoms with Crippen LogP contribution in [0.3, 0.4) is 0 Å². The number of aromatic carboxylic acids is 1. The van der Waals surface area contributed by atoms with Gasteiger partial charge in [-0.2, -0.15) is 0 Å². The van der Waals surface area contributed by atoms with E-state index in [0.717, 1.165) is 16.0 Å². The molecule has 3 N–H and O–H groups in total. The number of fused-ring (bicyclic) bond motifs is 1. The normalized spacial score (nSPS) is 17.7. The zero-order valence-corrected chi connectivity index (χ0v) is 19.9. The number of nitrogens with one attached hydrogen (secondary N) is 1. The average Bonchev–Trinajstić information content (AvgIpc) is 3.45. The van der Waals surface area contributed by atoms with Gasteiger partial charge in [0.1, 0.15) is 28.4 Å². The lowest BCUT2D eigenvalue weighted by Crippen LogP contribution is -2.23. The second kappa shape index (κ2) is 8.83. The minimum absolute atomic E-state index is 0.206. The summed E-state index contributed by atoms with van der Waals surface area (Å²) < 4.78 is 13.7. The minimum atomic E-state index is -1.27. The van der Waals surface area contributed by atoms with Gasteiger partial charge in [0.15, 0.2) is 0 Å². The molecule has 2 atom stereocenters. The van der Waals surface area contributed by atoms with Crippen LogP contribution in [0.1, 0.15) is 57.1 Å². The van der Waals surface area contributed by atoms with Gasteiger partial charge in [0.25, 0.3) is 0 Å². The van der Waals surface area contributed by atoms with Crippen LogP contribution in [-0.4, -0.2) is 31.1 Å². The molecule has 0 aliphatic heterocycles. The van der Waals surface area contributed by atoms with Crippen molar-refractivity contribution in [3.63, 3.8) is 0 Å². The van der Waals surface area contributed by atoms with E-state index in [9.17, 15) is 19.4 Å². The summed E-state index contributed by atoms with van der Waals surface area (Å²) in [6.07, 6.45) is 3.15. The predicted molar refractivity (Wildman–Crippen MR) is 132 cm³/mol. The van der Waals surface area contributed by atoms with E-state index in [0.29, 0.717) is 46.3 Å². The molecule has 3 heterocycles. The maximum Gasteiger partial charge on any atom is 0.335 e. The standard InChI is InChI=1S/C26H23FN4O3S/c1-14-9-20(30-23(10-14)31-22-12-16(15(2)27)6-8-28-22)21-13-29-25(35-21)26(34)7-5-17-11-18(24(32)33)3-4-19(17)26/h3-4,6,8-13,15,34H,5,7H2,1-2H3,(H,32,33)(H,28,30,31)/t15-,26-/m1/s1. The summed E-state index contributed by atoms with van der Waals surface area (Å²) in [5.74, 6) is 0.0757. The third-order valence-corrected chi connectivity index (χ3v) is 7.31. The van der Waals surface area contributed by atoms with E-state index in [1.165, 1.54) is 24.3 Å². The van der Waals surface area contributed by atoms with Gasteiger partial charge in [0.2, 0.25) is 0 Å². The van der Waals surface area contributed by atoms with E-state index in [1.807, 2.05) is 19.1 Å². The Balaban J connectivity index is 1.44. The van der Waals surface area contributed by atoms with Crippen molar-refractivity contribution in [3.05, 3.63) is 87.7 Å². The van der Waals surface area contributed by atoms with Crippen LogP contribution in [-0.2, 0) is 12.0 Å². The van der Waals surface area contributed by atoms with Crippen molar-refractivity contribution in [2.45, 2.75) is 38.5 Å². The summed E-state index contributed by atoms with van der Waals surface area (Å²) in [5.41, 5.74) is 2.63. The fourth-order valence-corrected chi connectivity index (χ4v) is 5.35. The van der Waals surface area contributed by atoms with Crippen LogP contribution in [0.2, 0.25) is 0 Å². The van der Waals surface area contributed by atoms with Crippen LogP contribution in [0.15, 0.2) is 54.9 Å². The Morgan fingerprint density at radius 3 is 2.77 bits per heavy atom. The molecule has 178 valence electrons. The first-order valence-electron chi connectivity index (χ1n) is 11.1. The second-order valence-corrected chi connectivity index (χ2v) is 9.73. The molecule has 1 aliphatic carbocycles. The number of anilines is 2. The molecule has 0 radical (unpaired) electrons. The van der Waals surface area contributed by atoms with E-state index >= 15 is 0 Å². The van der Waals surface area contributed by atoms with Gasteiger partial charge in [0.05, 0.1) is 16.1 Å². The van der Waals surface area contributed by atoms with Gasteiger partial charge in [-0.25, -0.2) is 24.1 Å². The number of aliphatic hydroxyl groups is 1. The van der Waals surface area contributed by atoms with Crippen LogP contribution in [0.4, 0.5) is 16.0 Å². The molecule has 3 aromatic heterocycles. The number of aryl methyl sites for hydroxylation is 2. The number of carboxylic acids is 1. The highest BCUT2D eigenvalue weighted by Gasteiger charge is 2.41. The lowest BCUT2D eigenvalue weighted by molar-refractivity contribution is 0.0695. The summed E-state index contributed by atoms with van der Waals surface area (Å²) in [5, 5.41) is 24.5. The van der Waals surface area contributed by atoms with Crippen LogP contribution < -0.4 is 5.32 Å². The predicted octanol–water partition coefficient (Wildman–Crippen LogP) is 5.56. The summed E-state index contributed by atoms with van der Waals surface area (Å²) in [7, 11) is 0. The zero-order valence-electron chi connectivity index (χ0n) is 19.1. The number of benzene rings is 1. The van der Waals surface area contributed by atoms with E-state index in [2.05, 4.69) is 15.3 Å². The van der Waals surface area contributed by atoms with Gasteiger partial charge in [-0.3, -0.25) is 0 Å². The fraction of sp³-hybridized carbons (Fsp3) is 0.231. The molecule has 0 unspecified atom stereocenters. The lowest BCUT2D eigenvalue weighted by atomic mass is 9.96. The van der Waals surface area contributed by atoms with E-state index < -0.39 is 17.7 Å². The Morgan fingerprint density at radius 1 is 1.17 bits per heavy atom. The number of nitrogens with zero attached hydrogens (tertiary/aromatic N) is 3. The van der Waals surface area contributed by atoms with Gasteiger partial charge in [-0.05, 0) is 85.3 Å². The molecule has 5 rings (SSSR count). The number of aromatic nitrogens is 3. The number of carboxylic acid groups (broad SMARTS) is 1. The molecule has 9 heteroatoms. The molecule has 0 amide bonds. The molecule has 0 saturated carbocycles. The number of pyridine rings is 2. The fourth-order valence-electron chi connectivity index (χ4n) is 4.34. The Labute approximate surface area is 205 Å². The molecule has 1 aliphatic rings. The number of thiazole rings is 1. The van der Waals surface area contributed by atoms with Crippen molar-refractivity contribution >= 4 is 28.9 Å². The maximum absolute atomic E-state index is 13.7.